The van der Waals surface area contributed by atoms with Crippen molar-refractivity contribution in [2.45, 2.75) is 19.4 Å². The first kappa shape index (κ1) is 8.51. The van der Waals surface area contributed by atoms with Crippen LogP contribution in [-0.4, -0.2) is 24.2 Å². The molecule has 0 amide bonds. The van der Waals surface area contributed by atoms with E-state index in [1.165, 1.54) is 6.42 Å². The van der Waals surface area contributed by atoms with Crippen molar-refractivity contribution >= 4 is 0 Å². The molecule has 2 heterocycles. The van der Waals surface area contributed by atoms with Crippen LogP contribution in [-0.2, 0) is 0 Å². The third kappa shape index (κ3) is 2.18. The number of nitrogens with zero attached hydrogens (tertiary/aromatic N) is 1. The van der Waals surface area contributed by atoms with Crippen molar-refractivity contribution in [1.82, 2.24) is 10.3 Å². The van der Waals surface area contributed by atoms with E-state index in [2.05, 4.69) is 10.3 Å². The molecule has 1 aromatic heterocycles. The van der Waals surface area contributed by atoms with Crippen LogP contribution in [0, 0.1) is 6.92 Å². The Bertz CT molecular complexity index is 272. The third-order valence-electron chi connectivity index (χ3n) is 2.26. The van der Waals surface area contributed by atoms with Crippen LogP contribution in [0.5, 0.6) is 5.75 Å². The monoisotopic (exact) mass is 180 g/mol. The van der Waals surface area contributed by atoms with Crippen LogP contribution < -0.4 is 10.1 Å². The van der Waals surface area contributed by atoms with Gasteiger partial charge in [0, 0.05) is 13.2 Å². The van der Waals surface area contributed by atoms with E-state index in [1.54, 1.807) is 6.20 Å². The zero-order valence-corrected chi connectivity index (χ0v) is 7.79. The standard InChI is InChI=1S/C10H14N2O.H2/c1-8-2-3-10(6-12-8)13-7-9-4-5-11-9;/h2-3,6,9,11H,4-5,7H2,1H3;1H/t9-;/m0./s1. The summed E-state index contributed by atoms with van der Waals surface area (Å²) in [7, 11) is 0. The van der Waals surface area contributed by atoms with E-state index < -0.39 is 0 Å². The molecule has 3 nitrogen and oxygen atoms in total. The second-order valence-electron chi connectivity index (χ2n) is 3.39. The lowest BCUT2D eigenvalue weighted by Crippen LogP contribution is -2.46. The zero-order chi connectivity index (χ0) is 9.10. The Hall–Kier alpha value is -1.09. The van der Waals surface area contributed by atoms with Crippen LogP contribution in [0.15, 0.2) is 18.3 Å². The van der Waals surface area contributed by atoms with E-state index in [4.69, 9.17) is 4.74 Å². The summed E-state index contributed by atoms with van der Waals surface area (Å²) in [6.45, 7) is 3.85. The maximum Gasteiger partial charge on any atom is 0.137 e. The Morgan fingerprint density at radius 2 is 2.54 bits per heavy atom. The first-order valence-electron chi connectivity index (χ1n) is 4.63. The predicted molar refractivity (Wildman–Crippen MR) is 53.0 cm³/mol. The molecule has 0 aliphatic carbocycles. The molecule has 1 aliphatic rings. The second kappa shape index (κ2) is 3.75. The molecular formula is C10H16N2O. The van der Waals surface area contributed by atoms with Gasteiger partial charge in [-0.1, -0.05) is 0 Å². The molecule has 0 aromatic carbocycles. The molecule has 72 valence electrons. The minimum Gasteiger partial charge on any atom is -0.490 e. The Morgan fingerprint density at radius 1 is 1.69 bits per heavy atom. The highest BCUT2D eigenvalue weighted by Crippen LogP contribution is 2.10. The largest absolute Gasteiger partial charge is 0.490 e. The Labute approximate surface area is 79.6 Å². The summed E-state index contributed by atoms with van der Waals surface area (Å²) in [5.41, 5.74) is 1.02. The van der Waals surface area contributed by atoms with Gasteiger partial charge >= 0.3 is 0 Å². The summed E-state index contributed by atoms with van der Waals surface area (Å²) >= 11 is 0. The molecule has 1 N–H and O–H groups in total. The number of ether oxygens (including phenoxy) is 1. The molecule has 1 aromatic rings. The second-order valence-corrected chi connectivity index (χ2v) is 3.39. The molecule has 1 saturated heterocycles. The van der Waals surface area contributed by atoms with Gasteiger partial charge in [0.05, 0.1) is 6.20 Å². The average Bonchev–Trinajstić information content (AvgIpc) is 2.05. The van der Waals surface area contributed by atoms with Crippen molar-refractivity contribution in [3.63, 3.8) is 0 Å². The Morgan fingerprint density at radius 3 is 3.08 bits per heavy atom. The molecule has 1 fully saturated rings. The zero-order valence-electron chi connectivity index (χ0n) is 7.79. The number of aromatic nitrogens is 1. The van der Waals surface area contributed by atoms with E-state index in [9.17, 15) is 0 Å². The molecule has 0 bridgehead atoms. The van der Waals surface area contributed by atoms with Gasteiger partial charge in [0.25, 0.3) is 0 Å². The first-order chi connectivity index (χ1) is 6.34. The van der Waals surface area contributed by atoms with Crippen LogP contribution in [0.25, 0.3) is 0 Å². The lowest BCUT2D eigenvalue weighted by molar-refractivity contribution is 0.217. The highest BCUT2D eigenvalue weighted by Gasteiger charge is 2.16. The highest BCUT2D eigenvalue weighted by atomic mass is 16.5. The van der Waals surface area contributed by atoms with E-state index in [-0.39, 0.29) is 1.43 Å². The van der Waals surface area contributed by atoms with Crippen molar-refractivity contribution < 1.29 is 6.16 Å². The van der Waals surface area contributed by atoms with Gasteiger partial charge in [0.1, 0.15) is 12.4 Å². The predicted octanol–water partition coefficient (Wildman–Crippen LogP) is 1.38. The number of rotatable bonds is 3. The fraction of sp³-hybridized carbons (Fsp3) is 0.500. The quantitative estimate of drug-likeness (QED) is 0.763. The van der Waals surface area contributed by atoms with Crippen molar-refractivity contribution in [1.29, 1.82) is 0 Å². The SMILES string of the molecule is Cc1ccc(OC[C@@H]2CCN2)cn1.[HH]. The molecule has 1 atom stereocenters. The van der Waals surface area contributed by atoms with Crippen LogP contribution in [0.3, 0.4) is 0 Å². The molecule has 13 heavy (non-hydrogen) atoms. The fourth-order valence-electron chi connectivity index (χ4n) is 1.23. The molecule has 0 spiro atoms. The van der Waals surface area contributed by atoms with E-state index in [0.717, 1.165) is 24.6 Å². The van der Waals surface area contributed by atoms with E-state index in [0.29, 0.717) is 6.04 Å². The first-order valence-corrected chi connectivity index (χ1v) is 4.63. The van der Waals surface area contributed by atoms with E-state index >= 15 is 0 Å². The van der Waals surface area contributed by atoms with Gasteiger partial charge in [-0.05, 0) is 32.0 Å². The molecule has 0 unspecified atom stereocenters. The lowest BCUT2D eigenvalue weighted by Gasteiger charge is -2.27. The van der Waals surface area contributed by atoms with E-state index in [1.807, 2.05) is 19.1 Å². The van der Waals surface area contributed by atoms with Gasteiger partial charge in [-0.15, -0.1) is 0 Å². The summed E-state index contributed by atoms with van der Waals surface area (Å²) in [5.74, 6) is 0.860. The highest BCUT2D eigenvalue weighted by molar-refractivity contribution is 5.19. The van der Waals surface area contributed by atoms with Gasteiger partial charge < -0.3 is 10.1 Å². The fourth-order valence-corrected chi connectivity index (χ4v) is 1.23. The summed E-state index contributed by atoms with van der Waals surface area (Å²) in [4.78, 5) is 4.16. The molecule has 1 aliphatic heterocycles. The lowest BCUT2D eigenvalue weighted by atomic mass is 10.1. The topological polar surface area (TPSA) is 34.1 Å². The van der Waals surface area contributed by atoms with Gasteiger partial charge in [0.2, 0.25) is 0 Å². The smallest absolute Gasteiger partial charge is 0.137 e. The molecule has 0 radical (unpaired) electrons. The third-order valence-corrected chi connectivity index (χ3v) is 2.26. The van der Waals surface area contributed by atoms with Gasteiger partial charge in [0.15, 0.2) is 0 Å². The van der Waals surface area contributed by atoms with Gasteiger partial charge in [-0.2, -0.15) is 0 Å². The van der Waals surface area contributed by atoms with Crippen LogP contribution in [0.4, 0.5) is 0 Å². The van der Waals surface area contributed by atoms with Crippen molar-refractivity contribution in [2.75, 3.05) is 13.2 Å². The Balaban J connectivity index is 0.000000980. The minimum absolute atomic E-state index is 0. The molecular weight excluding hydrogens is 164 g/mol. The number of nitrogens with one attached hydrogen (secondary N) is 1. The van der Waals surface area contributed by atoms with Crippen molar-refractivity contribution in [3.05, 3.63) is 24.0 Å². The number of aryl methyl sites for hydroxylation is 1. The maximum absolute atomic E-state index is 5.54. The number of pyridine rings is 1. The summed E-state index contributed by atoms with van der Waals surface area (Å²) < 4.78 is 5.54. The molecule has 0 saturated carbocycles. The minimum atomic E-state index is 0. The summed E-state index contributed by atoms with van der Waals surface area (Å²) in [6, 6.07) is 4.46. The van der Waals surface area contributed by atoms with Crippen LogP contribution in [0.2, 0.25) is 0 Å². The summed E-state index contributed by atoms with van der Waals surface area (Å²) in [6.07, 6.45) is 2.99. The molecule has 2 rings (SSSR count). The van der Waals surface area contributed by atoms with Crippen LogP contribution in [0.1, 0.15) is 13.5 Å². The normalized spacial score (nSPS) is 20.8. The maximum atomic E-state index is 5.54. The summed E-state index contributed by atoms with van der Waals surface area (Å²) in [5, 5.41) is 3.28. The van der Waals surface area contributed by atoms with Crippen molar-refractivity contribution in [2.24, 2.45) is 0 Å². The average molecular weight is 180 g/mol. The van der Waals surface area contributed by atoms with Gasteiger partial charge in [-0.3, -0.25) is 4.98 Å². The number of hydrogen-bond acceptors (Lipinski definition) is 3. The van der Waals surface area contributed by atoms with Gasteiger partial charge in [-0.25, -0.2) is 0 Å². The Kier molecular flexibility index (Phi) is 2.45. The van der Waals surface area contributed by atoms with Crippen molar-refractivity contribution in [3.8, 4) is 5.75 Å². The number of hydrogen-bond donors (Lipinski definition) is 1. The molecule has 3 heteroatoms. The van der Waals surface area contributed by atoms with Crippen LogP contribution >= 0.6 is 0 Å².